The molecular weight excluding hydrogens is 246 g/mol. The third kappa shape index (κ3) is 15.9. The smallest absolute Gasteiger partial charge is 0.0110 e. The van der Waals surface area contributed by atoms with Crippen LogP contribution in [0.3, 0.4) is 0 Å². The number of rotatable bonds is 7. The number of likely N-dealkylation sites (N-methyl/N-ethyl adjacent to an activating group) is 1. The molecule has 0 aromatic rings. The third-order valence-corrected chi connectivity index (χ3v) is 3.48. The zero-order chi connectivity index (χ0) is 15.6. The van der Waals surface area contributed by atoms with E-state index < -0.39 is 0 Å². The lowest BCUT2D eigenvalue weighted by Crippen LogP contribution is -2.44. The van der Waals surface area contributed by atoms with Crippen LogP contribution in [0.5, 0.6) is 0 Å². The minimum Gasteiger partial charge on any atom is -0.330 e. The highest BCUT2D eigenvalue weighted by Gasteiger charge is 2.12. The summed E-state index contributed by atoms with van der Waals surface area (Å²) in [5.41, 5.74) is 5.14. The number of nitrogens with zero attached hydrogens (tertiary/aromatic N) is 2. The maximum Gasteiger partial charge on any atom is 0.0110 e. The Bertz CT molecular complexity index is 152. The van der Waals surface area contributed by atoms with Gasteiger partial charge in [0.15, 0.2) is 0 Å². The summed E-state index contributed by atoms with van der Waals surface area (Å²) in [6, 6.07) is 0. The monoisotopic (exact) mass is 287 g/mol. The predicted octanol–water partition coefficient (Wildman–Crippen LogP) is 3.59. The van der Waals surface area contributed by atoms with Crippen molar-refractivity contribution in [3.8, 4) is 0 Å². The predicted molar refractivity (Wildman–Crippen MR) is 93.4 cm³/mol. The van der Waals surface area contributed by atoms with Crippen molar-refractivity contribution in [3.63, 3.8) is 0 Å². The van der Waals surface area contributed by atoms with Crippen molar-refractivity contribution in [2.24, 2.45) is 5.73 Å². The molecule has 0 bridgehead atoms. The van der Waals surface area contributed by atoms with E-state index in [9.17, 15) is 0 Å². The molecule has 1 heterocycles. The SMILES string of the molecule is CC.CCCCCCN1CCN(C)CC1.CCCCN. The van der Waals surface area contributed by atoms with Crippen LogP contribution >= 0.6 is 0 Å². The molecule has 1 fully saturated rings. The maximum atomic E-state index is 5.14. The van der Waals surface area contributed by atoms with Crippen molar-refractivity contribution >= 4 is 0 Å². The van der Waals surface area contributed by atoms with Crippen molar-refractivity contribution in [3.05, 3.63) is 0 Å². The van der Waals surface area contributed by atoms with E-state index in [0.29, 0.717) is 0 Å². The van der Waals surface area contributed by atoms with E-state index in [1.165, 1.54) is 71.2 Å². The Kier molecular flexibility index (Phi) is 20.9. The molecule has 1 aliphatic rings. The second-order valence-corrected chi connectivity index (χ2v) is 5.35. The largest absolute Gasteiger partial charge is 0.330 e. The van der Waals surface area contributed by atoms with Gasteiger partial charge in [-0.2, -0.15) is 0 Å². The Balaban J connectivity index is 0. The molecule has 0 atom stereocenters. The highest BCUT2D eigenvalue weighted by atomic mass is 15.2. The molecule has 0 aliphatic carbocycles. The molecule has 1 saturated heterocycles. The van der Waals surface area contributed by atoms with Gasteiger partial charge in [0.1, 0.15) is 0 Å². The standard InChI is InChI=1S/C11H24N2.C4H11N.C2H6/c1-3-4-5-6-7-13-10-8-12(2)9-11-13;1-2-3-4-5;1-2/h3-11H2,1-2H3;2-5H2,1H3;1-2H3. The summed E-state index contributed by atoms with van der Waals surface area (Å²) < 4.78 is 0. The fraction of sp³-hybridized carbons (Fsp3) is 1.00. The van der Waals surface area contributed by atoms with Gasteiger partial charge in [0.05, 0.1) is 0 Å². The summed E-state index contributed by atoms with van der Waals surface area (Å²) in [6.07, 6.45) is 7.97. The molecule has 1 rings (SSSR count). The summed E-state index contributed by atoms with van der Waals surface area (Å²) in [7, 11) is 2.22. The van der Waals surface area contributed by atoms with Gasteiger partial charge in [0.25, 0.3) is 0 Å². The van der Waals surface area contributed by atoms with Gasteiger partial charge in [-0.15, -0.1) is 0 Å². The van der Waals surface area contributed by atoms with E-state index in [2.05, 4.69) is 30.7 Å². The lowest BCUT2D eigenvalue weighted by atomic mass is 10.2. The van der Waals surface area contributed by atoms with Gasteiger partial charge in [-0.25, -0.2) is 0 Å². The van der Waals surface area contributed by atoms with Crippen molar-refractivity contribution in [1.29, 1.82) is 0 Å². The zero-order valence-corrected chi connectivity index (χ0v) is 15.0. The molecule has 0 spiro atoms. The van der Waals surface area contributed by atoms with E-state index in [1.807, 2.05) is 13.8 Å². The Morgan fingerprint density at radius 1 is 0.800 bits per heavy atom. The molecule has 1 aliphatic heterocycles. The van der Waals surface area contributed by atoms with E-state index >= 15 is 0 Å². The second-order valence-electron chi connectivity index (χ2n) is 5.35. The molecule has 3 nitrogen and oxygen atoms in total. The summed E-state index contributed by atoms with van der Waals surface area (Å²) >= 11 is 0. The molecule has 2 N–H and O–H groups in total. The normalized spacial score (nSPS) is 15.9. The van der Waals surface area contributed by atoms with E-state index in [-0.39, 0.29) is 0 Å². The number of nitrogens with two attached hydrogens (primary N) is 1. The zero-order valence-electron chi connectivity index (χ0n) is 15.0. The van der Waals surface area contributed by atoms with E-state index in [1.54, 1.807) is 0 Å². The van der Waals surface area contributed by atoms with Crippen LogP contribution in [0.25, 0.3) is 0 Å². The van der Waals surface area contributed by atoms with Crippen LogP contribution in [-0.2, 0) is 0 Å². The summed E-state index contributed by atoms with van der Waals surface area (Å²) in [6.45, 7) is 15.7. The van der Waals surface area contributed by atoms with Gasteiger partial charge < -0.3 is 15.5 Å². The number of hydrogen-bond acceptors (Lipinski definition) is 3. The Labute approximate surface area is 128 Å². The first-order chi connectivity index (χ1) is 9.74. The highest BCUT2D eigenvalue weighted by molar-refractivity contribution is 4.68. The van der Waals surface area contributed by atoms with Gasteiger partial charge in [-0.3, -0.25) is 0 Å². The van der Waals surface area contributed by atoms with Crippen LogP contribution < -0.4 is 5.73 Å². The lowest BCUT2D eigenvalue weighted by molar-refractivity contribution is 0.152. The quantitative estimate of drug-likeness (QED) is 0.726. The summed E-state index contributed by atoms with van der Waals surface area (Å²) in [5.74, 6) is 0. The van der Waals surface area contributed by atoms with Gasteiger partial charge in [0.2, 0.25) is 0 Å². The molecule has 0 aromatic heterocycles. The second kappa shape index (κ2) is 18.9. The first-order valence-electron chi connectivity index (χ1n) is 8.85. The summed E-state index contributed by atoms with van der Waals surface area (Å²) in [5, 5.41) is 0. The fourth-order valence-electron chi connectivity index (χ4n) is 2.04. The Morgan fingerprint density at radius 2 is 1.35 bits per heavy atom. The Hall–Kier alpha value is -0.120. The van der Waals surface area contributed by atoms with E-state index in [0.717, 1.165) is 6.54 Å². The van der Waals surface area contributed by atoms with Crippen LogP contribution in [0.1, 0.15) is 66.2 Å². The van der Waals surface area contributed by atoms with Crippen molar-refractivity contribution in [2.75, 3.05) is 46.3 Å². The highest BCUT2D eigenvalue weighted by Crippen LogP contribution is 2.04. The van der Waals surface area contributed by atoms with Crippen molar-refractivity contribution < 1.29 is 0 Å². The van der Waals surface area contributed by atoms with Crippen molar-refractivity contribution in [2.45, 2.75) is 66.2 Å². The molecule has 20 heavy (non-hydrogen) atoms. The van der Waals surface area contributed by atoms with Gasteiger partial charge >= 0.3 is 0 Å². The lowest BCUT2D eigenvalue weighted by Gasteiger charge is -2.32. The average molecular weight is 288 g/mol. The maximum absolute atomic E-state index is 5.14. The first-order valence-corrected chi connectivity index (χ1v) is 8.85. The van der Waals surface area contributed by atoms with Crippen LogP contribution in [0.15, 0.2) is 0 Å². The average Bonchev–Trinajstić information content (AvgIpc) is 2.49. The minimum atomic E-state index is 0.844. The van der Waals surface area contributed by atoms with Gasteiger partial charge in [0, 0.05) is 26.2 Å². The number of unbranched alkanes of at least 4 members (excludes halogenated alkanes) is 4. The topological polar surface area (TPSA) is 32.5 Å². The van der Waals surface area contributed by atoms with E-state index in [4.69, 9.17) is 5.73 Å². The molecule has 0 aromatic carbocycles. The fourth-order valence-corrected chi connectivity index (χ4v) is 2.04. The molecule has 0 radical (unpaired) electrons. The molecule has 0 amide bonds. The molecule has 3 heteroatoms. The van der Waals surface area contributed by atoms with Crippen LogP contribution in [0.4, 0.5) is 0 Å². The number of piperazine rings is 1. The first kappa shape index (κ1) is 22.2. The molecule has 0 unspecified atom stereocenters. The van der Waals surface area contributed by atoms with Crippen LogP contribution in [0.2, 0.25) is 0 Å². The third-order valence-electron chi connectivity index (χ3n) is 3.48. The van der Waals surface area contributed by atoms with Crippen LogP contribution in [-0.4, -0.2) is 56.1 Å². The Morgan fingerprint density at radius 3 is 1.75 bits per heavy atom. The molecule has 0 saturated carbocycles. The minimum absolute atomic E-state index is 0.844. The number of hydrogen-bond donors (Lipinski definition) is 1. The molecular formula is C17H41N3. The molecule has 124 valence electrons. The summed E-state index contributed by atoms with van der Waals surface area (Å²) in [4.78, 5) is 5.03. The van der Waals surface area contributed by atoms with Gasteiger partial charge in [-0.1, -0.05) is 53.4 Å². The van der Waals surface area contributed by atoms with Gasteiger partial charge in [-0.05, 0) is 33.0 Å². The van der Waals surface area contributed by atoms with Crippen LogP contribution in [0, 0.1) is 0 Å². The van der Waals surface area contributed by atoms with Crippen molar-refractivity contribution in [1.82, 2.24) is 9.80 Å².